The Labute approximate surface area is 134 Å². The van der Waals surface area contributed by atoms with Gasteiger partial charge in [-0.2, -0.15) is 0 Å². The fraction of sp³-hybridized carbons (Fsp3) is 0.471. The van der Waals surface area contributed by atoms with E-state index in [1.165, 1.54) is 18.6 Å². The number of hydrogen-bond donors (Lipinski definition) is 0. The van der Waals surface area contributed by atoms with Gasteiger partial charge in [-0.1, -0.05) is 37.0 Å². The summed E-state index contributed by atoms with van der Waals surface area (Å²) < 4.78 is 5.55. The van der Waals surface area contributed by atoms with E-state index in [1.54, 1.807) is 12.1 Å². The molecular weight excluding hydrogens is 298 g/mol. The molecule has 0 bridgehead atoms. The molecule has 2 amide bonds. The van der Waals surface area contributed by atoms with Crippen LogP contribution in [0.15, 0.2) is 24.3 Å². The largest absolute Gasteiger partial charge is 0.366 e. The molecule has 1 aromatic rings. The quantitative estimate of drug-likeness (QED) is 0.797. The lowest BCUT2D eigenvalue weighted by atomic mass is 9.89. The number of nitrogens with zero attached hydrogens (tertiary/aromatic N) is 1. The third-order valence-corrected chi connectivity index (χ3v) is 4.28. The monoisotopic (exact) mass is 317 g/mol. The van der Waals surface area contributed by atoms with Crippen molar-refractivity contribution in [2.75, 3.05) is 6.61 Å². The van der Waals surface area contributed by atoms with Crippen LogP contribution in [0, 0.1) is 5.92 Å². The maximum Gasteiger partial charge on any atom is 0.358 e. The van der Waals surface area contributed by atoms with Crippen LogP contribution in [-0.4, -0.2) is 35.6 Å². The van der Waals surface area contributed by atoms with Gasteiger partial charge < -0.3 is 9.57 Å². The predicted molar refractivity (Wildman–Crippen MR) is 80.4 cm³/mol. The number of ether oxygens (including phenoxy) is 1. The molecule has 0 spiro atoms. The van der Waals surface area contributed by atoms with Crippen molar-refractivity contribution in [3.05, 3.63) is 35.4 Å². The highest BCUT2D eigenvalue weighted by Crippen LogP contribution is 2.26. The molecule has 0 radical (unpaired) electrons. The van der Waals surface area contributed by atoms with Gasteiger partial charge in [0.2, 0.25) is 0 Å². The van der Waals surface area contributed by atoms with E-state index < -0.39 is 17.8 Å². The van der Waals surface area contributed by atoms with Crippen molar-refractivity contribution in [3.63, 3.8) is 0 Å². The van der Waals surface area contributed by atoms with Crippen molar-refractivity contribution in [1.29, 1.82) is 0 Å². The molecule has 0 saturated heterocycles. The van der Waals surface area contributed by atoms with Crippen LogP contribution in [0.25, 0.3) is 0 Å². The Balaban J connectivity index is 1.55. The van der Waals surface area contributed by atoms with Crippen LogP contribution in [0.1, 0.15) is 53.3 Å². The minimum Gasteiger partial charge on any atom is -0.366 e. The Bertz CT molecular complexity index is 607. The Morgan fingerprint density at radius 1 is 1.17 bits per heavy atom. The van der Waals surface area contributed by atoms with Crippen LogP contribution < -0.4 is 0 Å². The van der Waals surface area contributed by atoms with Gasteiger partial charge in [-0.05, 0) is 30.9 Å². The van der Waals surface area contributed by atoms with Crippen molar-refractivity contribution in [2.24, 2.45) is 5.92 Å². The van der Waals surface area contributed by atoms with Crippen molar-refractivity contribution in [2.45, 2.75) is 38.7 Å². The molecule has 1 aliphatic carbocycles. The van der Waals surface area contributed by atoms with Crippen LogP contribution in [0.5, 0.6) is 0 Å². The van der Waals surface area contributed by atoms with Gasteiger partial charge >= 0.3 is 5.97 Å². The van der Waals surface area contributed by atoms with E-state index in [0.29, 0.717) is 11.0 Å². The Morgan fingerprint density at radius 3 is 2.43 bits per heavy atom. The molecule has 2 atom stereocenters. The molecule has 2 aliphatic rings. The number of rotatable bonds is 4. The van der Waals surface area contributed by atoms with Crippen LogP contribution in [0.3, 0.4) is 0 Å². The molecule has 1 aliphatic heterocycles. The summed E-state index contributed by atoms with van der Waals surface area (Å²) in [7, 11) is 0. The first-order valence-corrected chi connectivity index (χ1v) is 7.86. The van der Waals surface area contributed by atoms with E-state index in [0.717, 1.165) is 19.3 Å². The van der Waals surface area contributed by atoms with Gasteiger partial charge in [0.1, 0.15) is 6.61 Å². The number of carbonyl (C=O) groups is 3. The summed E-state index contributed by atoms with van der Waals surface area (Å²) in [5, 5.41) is 0.514. The van der Waals surface area contributed by atoms with Crippen molar-refractivity contribution >= 4 is 17.8 Å². The summed E-state index contributed by atoms with van der Waals surface area (Å²) in [6.07, 6.45) is 4.14. The van der Waals surface area contributed by atoms with Crippen LogP contribution >= 0.6 is 0 Å². The number of amides is 2. The summed E-state index contributed by atoms with van der Waals surface area (Å²) in [5.74, 6) is -1.39. The van der Waals surface area contributed by atoms with Crippen molar-refractivity contribution < 1.29 is 24.0 Å². The molecule has 0 N–H and O–H groups in total. The second kappa shape index (κ2) is 6.50. The molecule has 2 unspecified atom stereocenters. The number of hydrogen-bond acceptors (Lipinski definition) is 5. The highest BCUT2D eigenvalue weighted by atomic mass is 16.7. The summed E-state index contributed by atoms with van der Waals surface area (Å²) in [4.78, 5) is 40.9. The Kier molecular flexibility index (Phi) is 4.43. The van der Waals surface area contributed by atoms with Crippen molar-refractivity contribution in [1.82, 2.24) is 5.06 Å². The Hall–Kier alpha value is -2.21. The zero-order chi connectivity index (χ0) is 16.4. The normalized spacial score (nSPS) is 23.8. The van der Waals surface area contributed by atoms with Gasteiger partial charge in [0.05, 0.1) is 17.2 Å². The molecule has 1 heterocycles. The number of benzene rings is 1. The van der Waals surface area contributed by atoms with Gasteiger partial charge in [-0.3, -0.25) is 9.59 Å². The fourth-order valence-corrected chi connectivity index (χ4v) is 3.09. The van der Waals surface area contributed by atoms with Crippen LogP contribution in [0.4, 0.5) is 0 Å². The van der Waals surface area contributed by atoms with Crippen LogP contribution in [-0.2, 0) is 14.4 Å². The summed E-state index contributed by atoms with van der Waals surface area (Å²) >= 11 is 0. The zero-order valence-corrected chi connectivity index (χ0v) is 13.0. The average Bonchev–Trinajstić information content (AvgIpc) is 2.79. The van der Waals surface area contributed by atoms with E-state index in [2.05, 4.69) is 6.92 Å². The molecule has 1 aromatic carbocycles. The van der Waals surface area contributed by atoms with E-state index >= 15 is 0 Å². The van der Waals surface area contributed by atoms with Gasteiger partial charge in [-0.25, -0.2) is 4.79 Å². The Morgan fingerprint density at radius 2 is 1.83 bits per heavy atom. The minimum absolute atomic E-state index is 0.0356. The SMILES string of the molecule is CC1CCCC(OCC(=O)ON2C(=O)c3ccccc3C2=O)C1. The van der Waals surface area contributed by atoms with E-state index in [4.69, 9.17) is 9.57 Å². The smallest absolute Gasteiger partial charge is 0.358 e. The number of imide groups is 1. The lowest BCUT2D eigenvalue weighted by Crippen LogP contribution is -2.35. The highest BCUT2D eigenvalue weighted by molar-refractivity contribution is 6.20. The summed E-state index contributed by atoms with van der Waals surface area (Å²) in [6, 6.07) is 6.37. The molecule has 3 rings (SSSR count). The van der Waals surface area contributed by atoms with Gasteiger partial charge in [0.15, 0.2) is 0 Å². The fourth-order valence-electron chi connectivity index (χ4n) is 3.09. The molecule has 6 heteroatoms. The van der Waals surface area contributed by atoms with Gasteiger partial charge in [0, 0.05) is 0 Å². The zero-order valence-electron chi connectivity index (χ0n) is 13.0. The summed E-state index contributed by atoms with van der Waals surface area (Å²) in [6.45, 7) is 1.90. The second-order valence-electron chi connectivity index (χ2n) is 6.12. The molecule has 1 fully saturated rings. The van der Waals surface area contributed by atoms with E-state index in [-0.39, 0.29) is 23.8 Å². The lowest BCUT2D eigenvalue weighted by Gasteiger charge is -2.26. The molecule has 1 saturated carbocycles. The molecule has 23 heavy (non-hydrogen) atoms. The standard InChI is InChI=1S/C17H19NO5/c1-11-5-4-6-12(9-11)22-10-15(19)23-18-16(20)13-7-2-3-8-14(13)17(18)21/h2-3,7-8,11-12H,4-6,9-10H2,1H3. The first-order valence-electron chi connectivity index (χ1n) is 7.86. The van der Waals surface area contributed by atoms with Crippen LogP contribution in [0.2, 0.25) is 0 Å². The second-order valence-corrected chi connectivity index (χ2v) is 6.12. The van der Waals surface area contributed by atoms with E-state index in [9.17, 15) is 14.4 Å². The first-order chi connectivity index (χ1) is 11.1. The molecular formula is C17H19NO5. The number of hydroxylamine groups is 2. The van der Waals surface area contributed by atoms with E-state index in [1.807, 2.05) is 0 Å². The number of carbonyl (C=O) groups excluding carboxylic acids is 3. The topological polar surface area (TPSA) is 72.9 Å². The third kappa shape index (κ3) is 3.27. The maximum atomic E-state index is 12.1. The van der Waals surface area contributed by atoms with Crippen molar-refractivity contribution in [3.8, 4) is 0 Å². The molecule has 0 aromatic heterocycles. The minimum atomic E-state index is -0.738. The first kappa shape index (κ1) is 15.7. The molecule has 122 valence electrons. The third-order valence-electron chi connectivity index (χ3n) is 4.28. The van der Waals surface area contributed by atoms with Gasteiger partial charge in [-0.15, -0.1) is 0 Å². The maximum absolute atomic E-state index is 12.1. The summed E-state index contributed by atoms with van der Waals surface area (Å²) in [5.41, 5.74) is 0.486. The number of fused-ring (bicyclic) bond motifs is 1. The average molecular weight is 317 g/mol. The molecule has 6 nitrogen and oxygen atoms in total. The highest BCUT2D eigenvalue weighted by Gasteiger charge is 2.38. The predicted octanol–water partition coefficient (Wildman–Crippen LogP) is 2.34. The van der Waals surface area contributed by atoms with Gasteiger partial charge in [0.25, 0.3) is 11.8 Å². The lowest BCUT2D eigenvalue weighted by molar-refractivity contribution is -0.176.